The molecule has 0 spiro atoms. The van der Waals surface area contributed by atoms with Gasteiger partial charge in [-0.25, -0.2) is 0 Å². The summed E-state index contributed by atoms with van der Waals surface area (Å²) in [6, 6.07) is 25.0. The molecule has 1 fully saturated rings. The number of nitrogens with zero attached hydrogens (tertiary/aromatic N) is 1. The van der Waals surface area contributed by atoms with Crippen LogP contribution in [0.15, 0.2) is 78.5 Å². The molecule has 1 atom stereocenters. The summed E-state index contributed by atoms with van der Waals surface area (Å²) < 4.78 is 5.93. The fraction of sp³-hybridized carbons (Fsp3) is 0.342. The van der Waals surface area contributed by atoms with Gasteiger partial charge in [-0.1, -0.05) is 86.0 Å². The van der Waals surface area contributed by atoms with Crippen LogP contribution >= 0.6 is 0 Å². The molecule has 3 aliphatic rings. The van der Waals surface area contributed by atoms with Crippen molar-refractivity contribution < 1.29 is 4.74 Å². The number of pyridine rings is 1. The normalized spacial score (nSPS) is 21.3. The average Bonchev–Trinajstić information content (AvgIpc) is 3.11. The van der Waals surface area contributed by atoms with Crippen molar-refractivity contribution in [1.82, 2.24) is 4.98 Å². The van der Waals surface area contributed by atoms with E-state index in [1.165, 1.54) is 81.3 Å². The first kappa shape index (κ1) is 25.3. The number of ether oxygens (including phenoxy) is 1. The predicted octanol–water partition coefficient (Wildman–Crippen LogP) is 9.23. The lowest BCUT2D eigenvalue weighted by Gasteiger charge is -2.27. The molecule has 0 N–H and O–H groups in total. The van der Waals surface area contributed by atoms with Gasteiger partial charge in [0.25, 0.3) is 0 Å². The lowest BCUT2D eigenvalue weighted by molar-refractivity contribution is 0.346. The minimum Gasteiger partial charge on any atom is -0.496 e. The van der Waals surface area contributed by atoms with E-state index < -0.39 is 0 Å². The Morgan fingerprint density at radius 1 is 0.900 bits per heavy atom. The third-order valence-electron chi connectivity index (χ3n) is 9.88. The van der Waals surface area contributed by atoms with E-state index in [9.17, 15) is 0 Å². The van der Waals surface area contributed by atoms with E-state index in [0.29, 0.717) is 11.8 Å². The maximum atomic E-state index is 5.93. The molecule has 0 radical (unpaired) electrons. The van der Waals surface area contributed by atoms with Crippen LogP contribution in [0, 0.1) is 12.8 Å². The first-order valence-corrected chi connectivity index (χ1v) is 15.1. The monoisotopic (exact) mass is 525 g/mol. The van der Waals surface area contributed by atoms with Crippen molar-refractivity contribution >= 4 is 6.08 Å². The summed E-state index contributed by atoms with van der Waals surface area (Å²) in [5.74, 6) is 2.93. The van der Waals surface area contributed by atoms with Gasteiger partial charge in [0.1, 0.15) is 5.75 Å². The third-order valence-corrected chi connectivity index (χ3v) is 9.88. The van der Waals surface area contributed by atoms with Crippen molar-refractivity contribution in [1.29, 1.82) is 0 Å². The van der Waals surface area contributed by atoms with Crippen molar-refractivity contribution in [3.8, 4) is 16.9 Å². The molecule has 40 heavy (non-hydrogen) atoms. The van der Waals surface area contributed by atoms with Gasteiger partial charge in [-0.3, -0.25) is 4.98 Å². The Kier molecular flexibility index (Phi) is 6.58. The van der Waals surface area contributed by atoms with Crippen LogP contribution in [0.4, 0.5) is 0 Å². The van der Waals surface area contributed by atoms with Gasteiger partial charge < -0.3 is 4.74 Å². The van der Waals surface area contributed by atoms with E-state index in [4.69, 9.17) is 9.72 Å². The number of fused-ring (bicyclic) bond motifs is 6. The zero-order chi connectivity index (χ0) is 27.2. The first-order chi connectivity index (χ1) is 19.6. The van der Waals surface area contributed by atoms with E-state index in [0.717, 1.165) is 36.6 Å². The number of hydrogen-bond acceptors (Lipinski definition) is 2. The molecule has 7 rings (SSSR count). The van der Waals surface area contributed by atoms with Gasteiger partial charge in [0.15, 0.2) is 0 Å². The molecule has 0 amide bonds. The van der Waals surface area contributed by atoms with Crippen LogP contribution in [0.3, 0.4) is 0 Å². The van der Waals surface area contributed by atoms with Crippen LogP contribution in [0.25, 0.3) is 17.2 Å². The highest BCUT2D eigenvalue weighted by Crippen LogP contribution is 2.46. The molecule has 3 aliphatic carbocycles. The third kappa shape index (κ3) is 4.58. The number of benzene rings is 3. The Balaban J connectivity index is 1.23. The van der Waals surface area contributed by atoms with Crippen molar-refractivity contribution in [3.05, 3.63) is 123 Å². The van der Waals surface area contributed by atoms with Crippen LogP contribution in [0.2, 0.25) is 0 Å². The van der Waals surface area contributed by atoms with Gasteiger partial charge in [-0.2, -0.15) is 0 Å². The van der Waals surface area contributed by atoms with Gasteiger partial charge in [-0.05, 0) is 101 Å². The lowest BCUT2D eigenvalue weighted by Crippen LogP contribution is -2.13. The SMILES string of the molecule is COc1cc(C2CCC(C)CC2)ccc1Cc1cc2c(cn1)CC1=Cc3cccc(C)c3CC1c1ccccc1-2. The maximum absolute atomic E-state index is 5.93. The highest BCUT2D eigenvalue weighted by molar-refractivity contribution is 5.77. The molecule has 202 valence electrons. The summed E-state index contributed by atoms with van der Waals surface area (Å²) >= 11 is 0. The standard InChI is InChI=1S/C38H39NO/c1-24-11-13-26(14-12-24)27-15-16-29(38(20-27)40-3)19-32-21-36-31(23-39-32)18-30-17-28-8-6-7-25(2)35(28)22-37(30)34-10-5-4-9-33(34)36/h4-10,15-17,20-21,23-24,26,37H,11-14,18-19,22H2,1-3H3. The summed E-state index contributed by atoms with van der Waals surface area (Å²) in [5.41, 5.74) is 15.0. The Morgan fingerprint density at radius 2 is 1.75 bits per heavy atom. The molecule has 1 aromatic heterocycles. The van der Waals surface area contributed by atoms with Crippen molar-refractivity contribution in [2.24, 2.45) is 5.92 Å². The van der Waals surface area contributed by atoms with Crippen molar-refractivity contribution in [2.45, 2.75) is 70.6 Å². The molecule has 2 nitrogen and oxygen atoms in total. The number of aromatic nitrogens is 1. The number of rotatable bonds is 4. The molecule has 4 aromatic rings. The summed E-state index contributed by atoms with van der Waals surface area (Å²) in [6.07, 6.45) is 12.6. The molecule has 2 heteroatoms. The van der Waals surface area contributed by atoms with Gasteiger partial charge in [0, 0.05) is 29.8 Å². The van der Waals surface area contributed by atoms with Crippen molar-refractivity contribution in [3.63, 3.8) is 0 Å². The fourth-order valence-electron chi connectivity index (χ4n) is 7.49. The molecular formula is C38H39NO. The Hall–Kier alpha value is -3.65. The average molecular weight is 526 g/mol. The largest absolute Gasteiger partial charge is 0.496 e. The van der Waals surface area contributed by atoms with Gasteiger partial charge in [0.05, 0.1) is 7.11 Å². The Morgan fingerprint density at radius 3 is 2.60 bits per heavy atom. The summed E-state index contributed by atoms with van der Waals surface area (Å²) in [7, 11) is 1.81. The second kappa shape index (κ2) is 10.4. The van der Waals surface area contributed by atoms with E-state index in [-0.39, 0.29) is 0 Å². The van der Waals surface area contributed by atoms with E-state index in [2.05, 4.69) is 92.9 Å². The smallest absolute Gasteiger partial charge is 0.122 e. The van der Waals surface area contributed by atoms with Crippen LogP contribution in [-0.4, -0.2) is 12.1 Å². The highest BCUT2D eigenvalue weighted by Gasteiger charge is 2.30. The molecular weight excluding hydrogens is 486 g/mol. The molecule has 3 aromatic carbocycles. The molecule has 1 saturated carbocycles. The highest BCUT2D eigenvalue weighted by atomic mass is 16.5. The van der Waals surface area contributed by atoms with Crippen LogP contribution in [0.1, 0.15) is 89.1 Å². The minimum atomic E-state index is 0.413. The Bertz CT molecular complexity index is 1600. The van der Waals surface area contributed by atoms with Gasteiger partial charge >= 0.3 is 0 Å². The lowest BCUT2D eigenvalue weighted by atomic mass is 9.77. The number of allylic oxidation sites excluding steroid dienone is 1. The van der Waals surface area contributed by atoms with E-state index in [1.54, 1.807) is 7.11 Å². The summed E-state index contributed by atoms with van der Waals surface area (Å²) in [4.78, 5) is 5.01. The van der Waals surface area contributed by atoms with Crippen LogP contribution < -0.4 is 4.74 Å². The molecule has 0 bridgehead atoms. The number of methoxy groups -OCH3 is 1. The summed E-state index contributed by atoms with van der Waals surface area (Å²) in [5, 5.41) is 0. The first-order valence-electron chi connectivity index (χ1n) is 15.1. The number of hydrogen-bond donors (Lipinski definition) is 0. The van der Waals surface area contributed by atoms with E-state index in [1.807, 2.05) is 0 Å². The number of aryl methyl sites for hydroxylation is 1. The Labute approximate surface area is 239 Å². The second-order valence-electron chi connectivity index (χ2n) is 12.4. The maximum Gasteiger partial charge on any atom is 0.122 e. The fourth-order valence-corrected chi connectivity index (χ4v) is 7.49. The van der Waals surface area contributed by atoms with Crippen LogP contribution in [-0.2, 0) is 19.3 Å². The van der Waals surface area contributed by atoms with Gasteiger partial charge in [0.2, 0.25) is 0 Å². The zero-order valence-corrected chi connectivity index (χ0v) is 24.0. The quantitative estimate of drug-likeness (QED) is 0.265. The topological polar surface area (TPSA) is 22.1 Å². The molecule has 0 aliphatic heterocycles. The second-order valence-corrected chi connectivity index (χ2v) is 12.4. The molecule has 0 saturated heterocycles. The zero-order valence-electron chi connectivity index (χ0n) is 24.0. The van der Waals surface area contributed by atoms with Gasteiger partial charge in [-0.15, -0.1) is 0 Å². The van der Waals surface area contributed by atoms with Crippen molar-refractivity contribution in [2.75, 3.05) is 7.11 Å². The minimum absolute atomic E-state index is 0.413. The molecule has 1 unspecified atom stereocenters. The van der Waals surface area contributed by atoms with Crippen LogP contribution in [0.5, 0.6) is 5.75 Å². The van der Waals surface area contributed by atoms with E-state index >= 15 is 0 Å². The predicted molar refractivity (Wildman–Crippen MR) is 165 cm³/mol. The summed E-state index contributed by atoms with van der Waals surface area (Å²) in [6.45, 7) is 4.64. The molecule has 1 heterocycles.